The Bertz CT molecular complexity index is 603. The van der Waals surface area contributed by atoms with Crippen molar-refractivity contribution in [1.29, 1.82) is 0 Å². The number of nitrogens with one attached hydrogen (secondary N) is 1. The number of anilines is 1. The number of carbonyl (C=O) groups excluding carboxylic acids is 3. The zero-order valence-corrected chi connectivity index (χ0v) is 14.1. The van der Waals surface area contributed by atoms with Crippen LogP contribution in [0.1, 0.15) is 20.8 Å². The second kappa shape index (κ2) is 9.51. The molecule has 0 fully saturated rings. The number of rotatable bonds is 7. The molecule has 0 saturated heterocycles. The Morgan fingerprint density at radius 2 is 1.75 bits per heavy atom. The molecule has 0 aliphatic rings. The molecule has 0 heterocycles. The standard InChI is InChI=1S/C16H23N3O5/c1-4-23-13-7-6-12(10-14(13)24-5-2)18-15(21)16(22)19(9-8-17)11(3)20/h6-7,10H,4-5,8-9,17H2,1-3H3,(H,18,21). The maximum atomic E-state index is 12.0. The molecule has 0 bridgehead atoms. The molecule has 0 saturated carbocycles. The monoisotopic (exact) mass is 337 g/mol. The molecule has 0 spiro atoms. The molecule has 8 nitrogen and oxygen atoms in total. The highest BCUT2D eigenvalue weighted by Crippen LogP contribution is 2.30. The third-order valence-electron chi connectivity index (χ3n) is 2.97. The van der Waals surface area contributed by atoms with Crippen molar-refractivity contribution in [2.45, 2.75) is 20.8 Å². The lowest BCUT2D eigenvalue weighted by Gasteiger charge is -2.18. The summed E-state index contributed by atoms with van der Waals surface area (Å²) >= 11 is 0. The number of ether oxygens (including phenoxy) is 2. The number of amides is 3. The van der Waals surface area contributed by atoms with Crippen molar-refractivity contribution < 1.29 is 23.9 Å². The molecule has 3 N–H and O–H groups in total. The summed E-state index contributed by atoms with van der Waals surface area (Å²) in [5.41, 5.74) is 5.71. The minimum absolute atomic E-state index is 0.0188. The van der Waals surface area contributed by atoms with Gasteiger partial charge in [-0.15, -0.1) is 0 Å². The number of benzene rings is 1. The summed E-state index contributed by atoms with van der Waals surface area (Å²) in [6.07, 6.45) is 0. The predicted molar refractivity (Wildman–Crippen MR) is 88.9 cm³/mol. The van der Waals surface area contributed by atoms with E-state index in [-0.39, 0.29) is 13.1 Å². The van der Waals surface area contributed by atoms with Gasteiger partial charge in [-0.25, -0.2) is 0 Å². The van der Waals surface area contributed by atoms with Crippen LogP contribution in [-0.2, 0) is 14.4 Å². The topological polar surface area (TPSA) is 111 Å². The Morgan fingerprint density at radius 1 is 1.12 bits per heavy atom. The Balaban J connectivity index is 2.91. The number of carbonyl (C=O) groups is 3. The van der Waals surface area contributed by atoms with Crippen molar-refractivity contribution in [3.8, 4) is 11.5 Å². The summed E-state index contributed by atoms with van der Waals surface area (Å²) in [5, 5.41) is 2.44. The van der Waals surface area contributed by atoms with Gasteiger partial charge in [-0.1, -0.05) is 0 Å². The first-order valence-electron chi connectivity index (χ1n) is 7.67. The van der Waals surface area contributed by atoms with Gasteiger partial charge in [-0.3, -0.25) is 19.3 Å². The zero-order chi connectivity index (χ0) is 18.1. The molecule has 0 unspecified atom stereocenters. The molecule has 24 heavy (non-hydrogen) atoms. The van der Waals surface area contributed by atoms with Gasteiger partial charge in [0.2, 0.25) is 5.91 Å². The summed E-state index contributed by atoms with van der Waals surface area (Å²) < 4.78 is 10.9. The molecule has 1 rings (SSSR count). The maximum absolute atomic E-state index is 12.0. The van der Waals surface area contributed by atoms with E-state index in [0.717, 1.165) is 4.90 Å². The Morgan fingerprint density at radius 3 is 2.29 bits per heavy atom. The number of nitrogens with two attached hydrogens (primary N) is 1. The van der Waals surface area contributed by atoms with E-state index in [1.165, 1.54) is 6.92 Å². The molecule has 8 heteroatoms. The molecule has 1 aromatic rings. The van der Waals surface area contributed by atoms with Crippen LogP contribution in [0.2, 0.25) is 0 Å². The van der Waals surface area contributed by atoms with E-state index < -0.39 is 17.7 Å². The van der Waals surface area contributed by atoms with Crippen molar-refractivity contribution in [1.82, 2.24) is 4.90 Å². The van der Waals surface area contributed by atoms with E-state index in [2.05, 4.69) is 5.32 Å². The first-order valence-corrected chi connectivity index (χ1v) is 7.67. The van der Waals surface area contributed by atoms with Gasteiger partial charge in [0, 0.05) is 31.8 Å². The normalized spacial score (nSPS) is 10.0. The first kappa shape index (κ1) is 19.4. The van der Waals surface area contributed by atoms with Gasteiger partial charge >= 0.3 is 11.8 Å². The van der Waals surface area contributed by atoms with Gasteiger partial charge < -0.3 is 20.5 Å². The highest BCUT2D eigenvalue weighted by atomic mass is 16.5. The molecular weight excluding hydrogens is 314 g/mol. The minimum atomic E-state index is -0.959. The van der Waals surface area contributed by atoms with Crippen LogP contribution in [0.3, 0.4) is 0 Å². The predicted octanol–water partition coefficient (Wildman–Crippen LogP) is 0.756. The van der Waals surface area contributed by atoms with Crippen LogP contribution in [0.25, 0.3) is 0 Å². The van der Waals surface area contributed by atoms with Gasteiger partial charge in [0.15, 0.2) is 11.5 Å². The smallest absolute Gasteiger partial charge is 0.318 e. The lowest BCUT2D eigenvalue weighted by Crippen LogP contribution is -2.44. The second-order valence-electron chi connectivity index (χ2n) is 4.75. The fourth-order valence-corrected chi connectivity index (χ4v) is 1.97. The summed E-state index contributed by atoms with van der Waals surface area (Å²) in [5.74, 6) is -1.43. The largest absolute Gasteiger partial charge is 0.490 e. The Labute approximate surface area is 140 Å². The van der Waals surface area contributed by atoms with E-state index in [4.69, 9.17) is 15.2 Å². The molecule has 0 aliphatic heterocycles. The Kier molecular flexibility index (Phi) is 7.70. The molecule has 1 aromatic carbocycles. The summed E-state index contributed by atoms with van der Waals surface area (Å²) in [4.78, 5) is 36.3. The van der Waals surface area contributed by atoms with Crippen molar-refractivity contribution >= 4 is 23.4 Å². The van der Waals surface area contributed by atoms with Gasteiger partial charge in [-0.05, 0) is 26.0 Å². The number of hydrogen-bond donors (Lipinski definition) is 2. The quantitative estimate of drug-likeness (QED) is 0.711. The number of nitrogens with zero attached hydrogens (tertiary/aromatic N) is 1. The third kappa shape index (κ3) is 5.24. The van der Waals surface area contributed by atoms with Crippen LogP contribution in [0, 0.1) is 0 Å². The van der Waals surface area contributed by atoms with Gasteiger partial charge in [0.25, 0.3) is 0 Å². The second-order valence-corrected chi connectivity index (χ2v) is 4.75. The molecular formula is C16H23N3O5. The fourth-order valence-electron chi connectivity index (χ4n) is 1.97. The molecule has 0 radical (unpaired) electrons. The summed E-state index contributed by atoms with van der Waals surface area (Å²) in [6, 6.07) is 4.78. The lowest BCUT2D eigenvalue weighted by atomic mass is 10.2. The van der Waals surface area contributed by atoms with Gasteiger partial charge in [-0.2, -0.15) is 0 Å². The van der Waals surface area contributed by atoms with Crippen molar-refractivity contribution in [3.05, 3.63) is 18.2 Å². The van der Waals surface area contributed by atoms with Crippen molar-refractivity contribution in [2.75, 3.05) is 31.6 Å². The van der Waals surface area contributed by atoms with E-state index in [1.807, 2.05) is 13.8 Å². The van der Waals surface area contributed by atoms with E-state index >= 15 is 0 Å². The number of imide groups is 1. The van der Waals surface area contributed by atoms with Crippen LogP contribution >= 0.6 is 0 Å². The van der Waals surface area contributed by atoms with Crippen LogP contribution in [-0.4, -0.2) is 48.9 Å². The molecule has 0 aromatic heterocycles. The van der Waals surface area contributed by atoms with Crippen LogP contribution in [0.5, 0.6) is 11.5 Å². The van der Waals surface area contributed by atoms with Crippen LogP contribution in [0.4, 0.5) is 5.69 Å². The Hall–Kier alpha value is -2.61. The fraction of sp³-hybridized carbons (Fsp3) is 0.438. The SMILES string of the molecule is CCOc1ccc(NC(=O)C(=O)N(CCN)C(C)=O)cc1OCC. The highest BCUT2D eigenvalue weighted by Gasteiger charge is 2.24. The molecule has 132 valence electrons. The van der Waals surface area contributed by atoms with Crippen molar-refractivity contribution in [2.24, 2.45) is 5.73 Å². The summed E-state index contributed by atoms with van der Waals surface area (Å²) in [7, 11) is 0. The zero-order valence-electron chi connectivity index (χ0n) is 14.1. The average Bonchev–Trinajstić information content (AvgIpc) is 2.54. The molecule has 0 atom stereocenters. The molecule has 3 amide bonds. The van der Waals surface area contributed by atoms with Gasteiger partial charge in [0.1, 0.15) is 0 Å². The first-order chi connectivity index (χ1) is 11.4. The van der Waals surface area contributed by atoms with Crippen LogP contribution < -0.4 is 20.5 Å². The van der Waals surface area contributed by atoms with E-state index in [0.29, 0.717) is 30.4 Å². The van der Waals surface area contributed by atoms with E-state index in [1.54, 1.807) is 18.2 Å². The summed E-state index contributed by atoms with van der Waals surface area (Å²) in [6.45, 7) is 5.82. The third-order valence-corrected chi connectivity index (χ3v) is 2.97. The minimum Gasteiger partial charge on any atom is -0.490 e. The van der Waals surface area contributed by atoms with Gasteiger partial charge in [0.05, 0.1) is 13.2 Å². The van der Waals surface area contributed by atoms with Crippen LogP contribution in [0.15, 0.2) is 18.2 Å². The number of hydrogen-bond acceptors (Lipinski definition) is 6. The average molecular weight is 337 g/mol. The maximum Gasteiger partial charge on any atom is 0.318 e. The van der Waals surface area contributed by atoms with Crippen molar-refractivity contribution in [3.63, 3.8) is 0 Å². The van der Waals surface area contributed by atoms with E-state index in [9.17, 15) is 14.4 Å². The lowest BCUT2D eigenvalue weighted by molar-refractivity contribution is -0.149. The highest BCUT2D eigenvalue weighted by molar-refractivity contribution is 6.41. The molecule has 0 aliphatic carbocycles.